The number of carbonyl (C=O) groups excluding carboxylic acids is 1. The van der Waals surface area contributed by atoms with Crippen LogP contribution in [0.5, 0.6) is 0 Å². The fraction of sp³-hybridized carbons (Fsp3) is 0.583. The number of carbonyl (C=O) groups is 1. The lowest BCUT2D eigenvalue weighted by Gasteiger charge is -2.24. The maximum Gasteiger partial charge on any atom is 0.179 e. The standard InChI is InChI=1S/C12H17NO/c1-9(2)6-10-7-12(14)11-4-3-5-13(11)8-10/h3-5,9-10H,6-8H2,1-2H3. The molecule has 0 aliphatic carbocycles. The van der Waals surface area contributed by atoms with Gasteiger partial charge in [-0.25, -0.2) is 0 Å². The molecule has 1 atom stereocenters. The molecule has 0 fully saturated rings. The lowest BCUT2D eigenvalue weighted by atomic mass is 9.89. The summed E-state index contributed by atoms with van der Waals surface area (Å²) in [4.78, 5) is 11.7. The third-order valence-electron chi connectivity index (χ3n) is 2.85. The highest BCUT2D eigenvalue weighted by Gasteiger charge is 2.24. The second-order valence-corrected chi connectivity index (χ2v) is 4.67. The van der Waals surface area contributed by atoms with E-state index >= 15 is 0 Å². The normalized spacial score (nSPS) is 21.4. The van der Waals surface area contributed by atoms with Crippen molar-refractivity contribution in [2.75, 3.05) is 0 Å². The zero-order valence-corrected chi connectivity index (χ0v) is 8.86. The molecule has 1 aliphatic heterocycles. The largest absolute Gasteiger partial charge is 0.345 e. The molecule has 1 aliphatic rings. The summed E-state index contributed by atoms with van der Waals surface area (Å²) in [5.41, 5.74) is 0.894. The van der Waals surface area contributed by atoms with E-state index in [1.807, 2.05) is 18.3 Å². The monoisotopic (exact) mass is 191 g/mol. The van der Waals surface area contributed by atoms with Gasteiger partial charge in [0.25, 0.3) is 0 Å². The summed E-state index contributed by atoms with van der Waals surface area (Å²) in [6.45, 7) is 5.46. The molecule has 2 rings (SSSR count). The molecular weight excluding hydrogens is 174 g/mol. The van der Waals surface area contributed by atoms with Crippen molar-refractivity contribution in [3.05, 3.63) is 24.0 Å². The summed E-state index contributed by atoms with van der Waals surface area (Å²) in [5, 5.41) is 0. The molecule has 1 aromatic rings. The zero-order valence-electron chi connectivity index (χ0n) is 8.86. The van der Waals surface area contributed by atoms with Crippen LogP contribution in [0.25, 0.3) is 0 Å². The fourth-order valence-corrected chi connectivity index (χ4v) is 2.36. The summed E-state index contributed by atoms with van der Waals surface area (Å²) >= 11 is 0. The molecule has 0 saturated heterocycles. The van der Waals surface area contributed by atoms with Crippen LogP contribution in [0.2, 0.25) is 0 Å². The molecule has 2 heteroatoms. The van der Waals surface area contributed by atoms with Gasteiger partial charge in [0.1, 0.15) is 0 Å². The Morgan fingerprint density at radius 1 is 1.57 bits per heavy atom. The van der Waals surface area contributed by atoms with Gasteiger partial charge in [0, 0.05) is 19.2 Å². The lowest BCUT2D eigenvalue weighted by molar-refractivity contribution is 0.0914. The molecule has 76 valence electrons. The summed E-state index contributed by atoms with van der Waals surface area (Å²) in [5.74, 6) is 1.54. The van der Waals surface area contributed by atoms with Crippen molar-refractivity contribution >= 4 is 5.78 Å². The van der Waals surface area contributed by atoms with Crippen molar-refractivity contribution in [2.45, 2.75) is 33.2 Å². The van der Waals surface area contributed by atoms with Crippen molar-refractivity contribution in [1.82, 2.24) is 4.57 Å². The Morgan fingerprint density at radius 3 is 3.07 bits per heavy atom. The average molecular weight is 191 g/mol. The number of Topliss-reactive ketones (excluding diaryl/α,β-unsaturated/α-hetero) is 1. The van der Waals surface area contributed by atoms with Gasteiger partial charge in [-0.15, -0.1) is 0 Å². The van der Waals surface area contributed by atoms with E-state index in [2.05, 4.69) is 18.4 Å². The van der Waals surface area contributed by atoms with Crippen molar-refractivity contribution in [1.29, 1.82) is 0 Å². The third kappa shape index (κ3) is 1.74. The van der Waals surface area contributed by atoms with E-state index in [4.69, 9.17) is 0 Å². The van der Waals surface area contributed by atoms with Gasteiger partial charge >= 0.3 is 0 Å². The minimum Gasteiger partial charge on any atom is -0.345 e. The van der Waals surface area contributed by atoms with Crippen LogP contribution in [-0.2, 0) is 6.54 Å². The Balaban J connectivity index is 2.13. The van der Waals surface area contributed by atoms with Crippen LogP contribution in [0.3, 0.4) is 0 Å². The fourth-order valence-electron chi connectivity index (χ4n) is 2.36. The summed E-state index contributed by atoms with van der Waals surface area (Å²) in [6, 6.07) is 3.89. The van der Waals surface area contributed by atoms with Gasteiger partial charge in [0.15, 0.2) is 5.78 Å². The first-order valence-corrected chi connectivity index (χ1v) is 5.35. The first-order valence-electron chi connectivity index (χ1n) is 5.35. The lowest BCUT2D eigenvalue weighted by Crippen LogP contribution is -2.25. The SMILES string of the molecule is CC(C)CC1CC(=O)c2cccn2C1. The van der Waals surface area contributed by atoms with Gasteiger partial charge in [-0.2, -0.15) is 0 Å². The second-order valence-electron chi connectivity index (χ2n) is 4.67. The third-order valence-corrected chi connectivity index (χ3v) is 2.85. The van der Waals surface area contributed by atoms with E-state index < -0.39 is 0 Å². The highest BCUT2D eigenvalue weighted by molar-refractivity contribution is 5.95. The van der Waals surface area contributed by atoms with Crippen molar-refractivity contribution < 1.29 is 4.79 Å². The number of ketones is 1. The highest BCUT2D eigenvalue weighted by Crippen LogP contribution is 2.25. The minimum atomic E-state index is 0.312. The van der Waals surface area contributed by atoms with Crippen molar-refractivity contribution in [2.24, 2.45) is 11.8 Å². The summed E-state index contributed by atoms with van der Waals surface area (Å²) in [7, 11) is 0. The predicted octanol–water partition coefficient (Wildman–Crippen LogP) is 2.74. The molecule has 0 amide bonds. The molecule has 0 radical (unpaired) electrons. The van der Waals surface area contributed by atoms with Gasteiger partial charge < -0.3 is 4.57 Å². The molecule has 0 spiro atoms. The Bertz CT molecular complexity index is 338. The van der Waals surface area contributed by atoms with Gasteiger partial charge in [-0.1, -0.05) is 13.8 Å². The van der Waals surface area contributed by atoms with Gasteiger partial charge in [0.05, 0.1) is 5.69 Å². The van der Waals surface area contributed by atoms with E-state index in [-0.39, 0.29) is 0 Å². The molecule has 2 heterocycles. The first-order chi connectivity index (χ1) is 6.66. The predicted molar refractivity (Wildman–Crippen MR) is 56.3 cm³/mol. The number of hydrogen-bond donors (Lipinski definition) is 0. The van der Waals surface area contributed by atoms with E-state index in [0.717, 1.165) is 25.1 Å². The van der Waals surface area contributed by atoms with Crippen molar-refractivity contribution in [3.63, 3.8) is 0 Å². The van der Waals surface area contributed by atoms with Crippen molar-refractivity contribution in [3.8, 4) is 0 Å². The van der Waals surface area contributed by atoms with Crippen LogP contribution in [0, 0.1) is 11.8 Å². The van der Waals surface area contributed by atoms with E-state index in [9.17, 15) is 4.79 Å². The van der Waals surface area contributed by atoms with Crippen LogP contribution in [0.1, 0.15) is 37.2 Å². The molecule has 0 N–H and O–H groups in total. The smallest absolute Gasteiger partial charge is 0.179 e. The molecule has 0 saturated carbocycles. The number of aromatic nitrogens is 1. The molecule has 1 aromatic heterocycles. The van der Waals surface area contributed by atoms with Crippen LogP contribution in [-0.4, -0.2) is 10.4 Å². The van der Waals surface area contributed by atoms with Crippen LogP contribution in [0.15, 0.2) is 18.3 Å². The van der Waals surface area contributed by atoms with Gasteiger partial charge in [-0.05, 0) is 30.4 Å². The summed E-state index contributed by atoms with van der Waals surface area (Å²) < 4.78 is 2.10. The zero-order chi connectivity index (χ0) is 10.1. The Labute approximate surface area is 84.9 Å². The van der Waals surface area contributed by atoms with E-state index in [0.29, 0.717) is 17.6 Å². The molecule has 0 aromatic carbocycles. The first kappa shape index (κ1) is 9.50. The molecule has 0 bridgehead atoms. The maximum absolute atomic E-state index is 11.7. The highest BCUT2D eigenvalue weighted by atomic mass is 16.1. The van der Waals surface area contributed by atoms with Crippen LogP contribution in [0.4, 0.5) is 0 Å². The number of rotatable bonds is 2. The topological polar surface area (TPSA) is 22.0 Å². The quantitative estimate of drug-likeness (QED) is 0.704. The van der Waals surface area contributed by atoms with Crippen LogP contribution < -0.4 is 0 Å². The van der Waals surface area contributed by atoms with E-state index in [1.54, 1.807) is 0 Å². The van der Waals surface area contributed by atoms with Crippen LogP contribution >= 0.6 is 0 Å². The Hall–Kier alpha value is -1.05. The molecule has 14 heavy (non-hydrogen) atoms. The molecule has 1 unspecified atom stereocenters. The average Bonchev–Trinajstić information content (AvgIpc) is 2.50. The Morgan fingerprint density at radius 2 is 2.36 bits per heavy atom. The van der Waals surface area contributed by atoms with E-state index in [1.165, 1.54) is 0 Å². The summed E-state index contributed by atoms with van der Waals surface area (Å²) in [6.07, 6.45) is 3.91. The van der Waals surface area contributed by atoms with Gasteiger partial charge in [0.2, 0.25) is 0 Å². The second kappa shape index (κ2) is 3.60. The van der Waals surface area contributed by atoms with Gasteiger partial charge in [-0.3, -0.25) is 4.79 Å². The molecule has 2 nitrogen and oxygen atoms in total. The number of hydrogen-bond acceptors (Lipinski definition) is 1. The Kier molecular flexibility index (Phi) is 2.44. The maximum atomic E-state index is 11.7. The number of fused-ring (bicyclic) bond motifs is 1. The molecular formula is C12H17NO. The minimum absolute atomic E-state index is 0.312. The number of nitrogens with zero attached hydrogens (tertiary/aromatic N) is 1.